The van der Waals surface area contributed by atoms with Crippen molar-refractivity contribution < 1.29 is 14.3 Å². The average molecular weight is 277 g/mol. The van der Waals surface area contributed by atoms with Crippen molar-refractivity contribution in [2.45, 2.75) is 26.7 Å². The van der Waals surface area contributed by atoms with Gasteiger partial charge >= 0.3 is 0 Å². The standard InChI is InChI=1S/C16H20FNO2/c1-3-12(4-2)11-18-16(20)14-8-7-13(6-5-9-19)15(17)10-14/h7-8,10,12,19H,3-4,9,11H2,1-2H3,(H,18,20). The second kappa shape index (κ2) is 8.34. The number of nitrogens with one attached hydrogen (secondary N) is 1. The molecule has 0 unspecified atom stereocenters. The Labute approximate surface area is 119 Å². The van der Waals surface area contributed by atoms with Gasteiger partial charge in [-0.2, -0.15) is 0 Å². The van der Waals surface area contributed by atoms with E-state index in [1.54, 1.807) is 0 Å². The van der Waals surface area contributed by atoms with Gasteiger partial charge < -0.3 is 10.4 Å². The highest BCUT2D eigenvalue weighted by atomic mass is 19.1. The van der Waals surface area contributed by atoms with Gasteiger partial charge in [0.25, 0.3) is 5.91 Å². The summed E-state index contributed by atoms with van der Waals surface area (Å²) in [6, 6.07) is 4.15. The Morgan fingerprint density at radius 1 is 1.40 bits per heavy atom. The Morgan fingerprint density at radius 3 is 2.65 bits per heavy atom. The molecule has 0 bridgehead atoms. The maximum Gasteiger partial charge on any atom is 0.251 e. The Morgan fingerprint density at radius 2 is 2.10 bits per heavy atom. The second-order valence-corrected chi connectivity index (χ2v) is 4.55. The van der Waals surface area contributed by atoms with Crippen LogP contribution in [0.5, 0.6) is 0 Å². The quantitative estimate of drug-likeness (QED) is 0.812. The first-order valence-electron chi connectivity index (χ1n) is 6.79. The van der Waals surface area contributed by atoms with Crippen LogP contribution in [0.1, 0.15) is 42.6 Å². The molecule has 0 saturated heterocycles. The highest BCUT2D eigenvalue weighted by Crippen LogP contribution is 2.10. The average Bonchev–Trinajstić information content (AvgIpc) is 2.46. The molecule has 3 nitrogen and oxygen atoms in total. The van der Waals surface area contributed by atoms with Gasteiger partial charge in [0.1, 0.15) is 12.4 Å². The van der Waals surface area contributed by atoms with Gasteiger partial charge in [0.05, 0.1) is 5.56 Å². The maximum absolute atomic E-state index is 13.7. The lowest BCUT2D eigenvalue weighted by Crippen LogP contribution is -2.29. The molecule has 0 radical (unpaired) electrons. The highest BCUT2D eigenvalue weighted by molar-refractivity contribution is 5.94. The van der Waals surface area contributed by atoms with Gasteiger partial charge in [-0.05, 0) is 24.1 Å². The monoisotopic (exact) mass is 277 g/mol. The van der Waals surface area contributed by atoms with Crippen LogP contribution < -0.4 is 5.32 Å². The summed E-state index contributed by atoms with van der Waals surface area (Å²) in [5.74, 6) is 4.47. The number of hydrogen-bond donors (Lipinski definition) is 2. The third-order valence-corrected chi connectivity index (χ3v) is 3.24. The molecule has 0 fully saturated rings. The first-order chi connectivity index (χ1) is 9.62. The van der Waals surface area contributed by atoms with Gasteiger partial charge in [-0.15, -0.1) is 0 Å². The van der Waals surface area contributed by atoms with Crippen LogP contribution in [0, 0.1) is 23.6 Å². The van der Waals surface area contributed by atoms with E-state index in [0.717, 1.165) is 12.8 Å². The first-order valence-corrected chi connectivity index (χ1v) is 6.79. The molecular formula is C16H20FNO2. The van der Waals surface area contributed by atoms with Gasteiger partial charge in [0.15, 0.2) is 0 Å². The molecule has 0 heterocycles. The predicted octanol–water partition coefficient (Wildman–Crippen LogP) is 2.34. The minimum Gasteiger partial charge on any atom is -0.384 e. The summed E-state index contributed by atoms with van der Waals surface area (Å²) in [6.45, 7) is 4.43. The van der Waals surface area contributed by atoms with E-state index in [-0.39, 0.29) is 23.6 Å². The van der Waals surface area contributed by atoms with Crippen LogP contribution >= 0.6 is 0 Å². The largest absolute Gasteiger partial charge is 0.384 e. The highest BCUT2D eigenvalue weighted by Gasteiger charge is 2.10. The third-order valence-electron chi connectivity index (χ3n) is 3.24. The zero-order valence-corrected chi connectivity index (χ0v) is 11.9. The molecule has 1 aromatic rings. The SMILES string of the molecule is CCC(CC)CNC(=O)c1ccc(C#CCO)c(F)c1. The van der Waals surface area contributed by atoms with Crippen LogP contribution in [0.25, 0.3) is 0 Å². The summed E-state index contributed by atoms with van der Waals surface area (Å²) in [4.78, 5) is 11.9. The molecule has 108 valence electrons. The molecule has 0 atom stereocenters. The number of aliphatic hydroxyl groups is 1. The number of halogens is 1. The van der Waals surface area contributed by atoms with Crippen molar-refractivity contribution in [1.29, 1.82) is 0 Å². The van der Waals surface area contributed by atoms with E-state index in [1.165, 1.54) is 18.2 Å². The van der Waals surface area contributed by atoms with E-state index >= 15 is 0 Å². The Kier molecular flexibility index (Phi) is 6.75. The Hall–Kier alpha value is -1.86. The fourth-order valence-corrected chi connectivity index (χ4v) is 1.81. The third kappa shape index (κ3) is 4.67. The van der Waals surface area contributed by atoms with Gasteiger partial charge in [0.2, 0.25) is 0 Å². The lowest BCUT2D eigenvalue weighted by atomic mass is 10.0. The summed E-state index contributed by atoms with van der Waals surface area (Å²) < 4.78 is 13.7. The van der Waals surface area contributed by atoms with Crippen molar-refractivity contribution >= 4 is 5.91 Å². The number of hydrogen-bond acceptors (Lipinski definition) is 2. The first kappa shape index (κ1) is 16.2. The van der Waals surface area contributed by atoms with Gasteiger partial charge in [-0.25, -0.2) is 4.39 Å². The molecule has 4 heteroatoms. The van der Waals surface area contributed by atoms with Crippen LogP contribution in [-0.2, 0) is 0 Å². The smallest absolute Gasteiger partial charge is 0.251 e. The zero-order chi connectivity index (χ0) is 15.0. The summed E-state index contributed by atoms with van der Waals surface area (Å²) in [5, 5.41) is 11.4. The predicted molar refractivity (Wildman–Crippen MR) is 76.8 cm³/mol. The fourth-order valence-electron chi connectivity index (χ4n) is 1.81. The van der Waals surface area contributed by atoms with E-state index in [2.05, 4.69) is 31.0 Å². The molecular weight excluding hydrogens is 257 g/mol. The van der Waals surface area contributed by atoms with Crippen molar-refractivity contribution in [3.63, 3.8) is 0 Å². The van der Waals surface area contributed by atoms with Crippen molar-refractivity contribution in [3.8, 4) is 11.8 Å². The topological polar surface area (TPSA) is 49.3 Å². The van der Waals surface area contributed by atoms with Gasteiger partial charge in [-0.1, -0.05) is 38.5 Å². The number of rotatable bonds is 5. The van der Waals surface area contributed by atoms with E-state index < -0.39 is 5.82 Å². The van der Waals surface area contributed by atoms with E-state index in [4.69, 9.17) is 5.11 Å². The number of benzene rings is 1. The number of carbonyl (C=O) groups is 1. The number of carbonyl (C=O) groups excluding carboxylic acids is 1. The van der Waals surface area contributed by atoms with Crippen LogP contribution in [0.4, 0.5) is 4.39 Å². The number of amides is 1. The van der Waals surface area contributed by atoms with Crippen LogP contribution in [0.3, 0.4) is 0 Å². The summed E-state index contributed by atoms with van der Waals surface area (Å²) >= 11 is 0. The van der Waals surface area contributed by atoms with Gasteiger partial charge in [0, 0.05) is 12.1 Å². The van der Waals surface area contributed by atoms with E-state index in [9.17, 15) is 9.18 Å². The summed E-state index contributed by atoms with van der Waals surface area (Å²) in [7, 11) is 0. The lowest BCUT2D eigenvalue weighted by Gasteiger charge is -2.13. The van der Waals surface area contributed by atoms with Gasteiger partial charge in [-0.3, -0.25) is 4.79 Å². The molecule has 0 aromatic heterocycles. The Balaban J connectivity index is 2.72. The van der Waals surface area contributed by atoms with Crippen LogP contribution in [0.2, 0.25) is 0 Å². The Bertz CT molecular complexity index is 513. The molecule has 2 N–H and O–H groups in total. The molecule has 0 aliphatic carbocycles. The summed E-state index contributed by atoms with van der Waals surface area (Å²) in [6.07, 6.45) is 2.00. The second-order valence-electron chi connectivity index (χ2n) is 4.55. The maximum atomic E-state index is 13.7. The van der Waals surface area contributed by atoms with Crippen molar-refractivity contribution in [2.24, 2.45) is 5.92 Å². The summed E-state index contributed by atoms with van der Waals surface area (Å²) in [5.41, 5.74) is 0.457. The molecule has 0 aliphatic rings. The minimum absolute atomic E-state index is 0.176. The number of aliphatic hydroxyl groups excluding tert-OH is 1. The molecule has 0 saturated carbocycles. The van der Waals surface area contributed by atoms with E-state index in [1.807, 2.05) is 0 Å². The van der Waals surface area contributed by atoms with E-state index in [0.29, 0.717) is 12.5 Å². The zero-order valence-electron chi connectivity index (χ0n) is 11.9. The van der Waals surface area contributed by atoms with Crippen molar-refractivity contribution in [3.05, 3.63) is 35.1 Å². The molecule has 1 amide bonds. The van der Waals surface area contributed by atoms with Crippen molar-refractivity contribution in [2.75, 3.05) is 13.2 Å². The molecule has 0 aliphatic heterocycles. The molecule has 1 aromatic carbocycles. The normalized spacial score (nSPS) is 10.1. The molecule has 1 rings (SSSR count). The molecule has 0 spiro atoms. The van der Waals surface area contributed by atoms with Crippen molar-refractivity contribution in [1.82, 2.24) is 5.32 Å². The minimum atomic E-state index is -0.555. The van der Waals surface area contributed by atoms with Crippen LogP contribution in [0.15, 0.2) is 18.2 Å². The van der Waals surface area contributed by atoms with Crippen LogP contribution in [-0.4, -0.2) is 24.2 Å². The molecule has 20 heavy (non-hydrogen) atoms. The lowest BCUT2D eigenvalue weighted by molar-refractivity contribution is 0.0946. The fraction of sp³-hybridized carbons (Fsp3) is 0.438.